The number of carbonyl (C=O) groups excluding carboxylic acids is 1. The van der Waals surface area contributed by atoms with E-state index in [1.165, 1.54) is 0 Å². The molecule has 4 N–H and O–H groups in total. The summed E-state index contributed by atoms with van der Waals surface area (Å²) in [5.74, 6) is 0. The second-order valence-corrected chi connectivity index (χ2v) is 5.53. The van der Waals surface area contributed by atoms with Gasteiger partial charge in [-0.05, 0) is 52.3 Å². The molecule has 0 saturated heterocycles. The lowest BCUT2D eigenvalue weighted by atomic mass is 10.3. The summed E-state index contributed by atoms with van der Waals surface area (Å²) in [5, 5.41) is 5.90. The molecule has 0 spiro atoms. The van der Waals surface area contributed by atoms with Crippen molar-refractivity contribution in [3.8, 4) is 0 Å². The van der Waals surface area contributed by atoms with Gasteiger partial charge in [-0.15, -0.1) is 0 Å². The van der Waals surface area contributed by atoms with Crippen LogP contribution in [0.1, 0.15) is 0 Å². The molecule has 0 aromatic heterocycles. The number of carbonyl (C=O) groups is 1. The summed E-state index contributed by atoms with van der Waals surface area (Å²) < 4.78 is 0.661. The van der Waals surface area contributed by atoms with Crippen molar-refractivity contribution in [1.29, 1.82) is 0 Å². The Morgan fingerprint density at radius 1 is 1.00 bits per heavy atom. The number of anilines is 3. The van der Waals surface area contributed by atoms with Gasteiger partial charge < -0.3 is 16.4 Å². The van der Waals surface area contributed by atoms with Crippen molar-refractivity contribution in [3.05, 3.63) is 50.9 Å². The topological polar surface area (TPSA) is 67.1 Å². The molecule has 0 atom stereocenters. The largest absolute Gasteiger partial charge is 0.399 e. The third-order valence-corrected chi connectivity index (χ3v) is 4.22. The summed E-state index contributed by atoms with van der Waals surface area (Å²) in [4.78, 5) is 11.8. The lowest BCUT2D eigenvalue weighted by molar-refractivity contribution is 0.262. The maximum Gasteiger partial charge on any atom is 0.323 e. The number of nitrogens with two attached hydrogens (primary N) is 1. The molecule has 0 fully saturated rings. The van der Waals surface area contributed by atoms with Gasteiger partial charge >= 0.3 is 6.03 Å². The zero-order valence-electron chi connectivity index (χ0n) is 10.1. The smallest absolute Gasteiger partial charge is 0.323 e. The van der Waals surface area contributed by atoms with Crippen LogP contribution in [0.25, 0.3) is 0 Å². The number of halogens is 3. The zero-order chi connectivity index (χ0) is 14.7. The molecule has 0 aliphatic rings. The molecule has 0 heterocycles. The van der Waals surface area contributed by atoms with Gasteiger partial charge in [0.25, 0.3) is 0 Å². The Morgan fingerprint density at radius 2 is 1.65 bits per heavy atom. The molecule has 2 amide bonds. The highest BCUT2D eigenvalue weighted by Gasteiger charge is 2.11. The van der Waals surface area contributed by atoms with Crippen LogP contribution in [0, 0.1) is 0 Å². The Hall–Kier alpha value is -1.43. The summed E-state index contributed by atoms with van der Waals surface area (Å²) in [6, 6.07) is 9.72. The third kappa shape index (κ3) is 3.56. The fourth-order valence-electron chi connectivity index (χ4n) is 1.47. The molecule has 0 aliphatic carbocycles. The zero-order valence-corrected chi connectivity index (χ0v) is 13.2. The standard InChI is InChI=1S/C13H10BrCl2N3O/c14-9-5-6-10(12(16)11(9)15)19-13(20)18-8-3-1-7(17)2-4-8/h1-6H,17H2,(H2,18,19,20). The molecule has 0 unspecified atom stereocenters. The number of nitrogen functional groups attached to an aromatic ring is 1. The van der Waals surface area contributed by atoms with Crippen molar-refractivity contribution in [2.45, 2.75) is 0 Å². The first kappa shape index (κ1) is 15.0. The maximum absolute atomic E-state index is 11.8. The Bertz CT molecular complexity index is 647. The van der Waals surface area contributed by atoms with Crippen molar-refractivity contribution in [2.24, 2.45) is 0 Å². The Kier molecular flexibility index (Phi) is 4.75. The van der Waals surface area contributed by atoms with Crippen molar-refractivity contribution in [1.82, 2.24) is 0 Å². The maximum atomic E-state index is 11.8. The van der Waals surface area contributed by atoms with Crippen LogP contribution in [0.3, 0.4) is 0 Å². The average Bonchev–Trinajstić information content (AvgIpc) is 2.42. The minimum Gasteiger partial charge on any atom is -0.399 e. The van der Waals surface area contributed by atoms with E-state index in [0.717, 1.165) is 0 Å². The average molecular weight is 375 g/mol. The molecule has 104 valence electrons. The minimum atomic E-state index is -0.421. The van der Waals surface area contributed by atoms with E-state index in [4.69, 9.17) is 28.9 Å². The van der Waals surface area contributed by atoms with Crippen LogP contribution in [-0.4, -0.2) is 6.03 Å². The number of amides is 2. The first-order valence-electron chi connectivity index (χ1n) is 5.54. The van der Waals surface area contributed by atoms with Crippen LogP contribution in [-0.2, 0) is 0 Å². The van der Waals surface area contributed by atoms with Crippen LogP contribution < -0.4 is 16.4 Å². The van der Waals surface area contributed by atoms with Crippen molar-refractivity contribution in [2.75, 3.05) is 16.4 Å². The van der Waals surface area contributed by atoms with E-state index in [1.807, 2.05) is 0 Å². The summed E-state index contributed by atoms with van der Waals surface area (Å²) >= 11 is 15.3. The van der Waals surface area contributed by atoms with Gasteiger partial charge in [-0.2, -0.15) is 0 Å². The van der Waals surface area contributed by atoms with Crippen LogP contribution in [0.2, 0.25) is 10.0 Å². The Balaban J connectivity index is 2.08. The molecular formula is C13H10BrCl2N3O. The van der Waals surface area contributed by atoms with E-state index in [0.29, 0.717) is 26.6 Å². The second-order valence-electron chi connectivity index (χ2n) is 3.92. The monoisotopic (exact) mass is 373 g/mol. The number of hydrogen-bond acceptors (Lipinski definition) is 2. The van der Waals surface area contributed by atoms with Crippen LogP contribution in [0.15, 0.2) is 40.9 Å². The van der Waals surface area contributed by atoms with E-state index >= 15 is 0 Å². The normalized spacial score (nSPS) is 10.2. The van der Waals surface area contributed by atoms with Crippen molar-refractivity contribution >= 4 is 62.2 Å². The molecule has 0 radical (unpaired) electrons. The SMILES string of the molecule is Nc1ccc(NC(=O)Nc2ccc(Br)c(Cl)c2Cl)cc1. The summed E-state index contributed by atoms with van der Waals surface area (Å²) in [5.41, 5.74) is 7.24. The summed E-state index contributed by atoms with van der Waals surface area (Å²) in [6.45, 7) is 0. The molecule has 2 aromatic rings. The van der Waals surface area contributed by atoms with Crippen LogP contribution >= 0.6 is 39.1 Å². The quantitative estimate of drug-likeness (QED) is 0.512. The molecule has 4 nitrogen and oxygen atoms in total. The number of benzene rings is 2. The lowest BCUT2D eigenvalue weighted by Gasteiger charge is -2.10. The Morgan fingerprint density at radius 3 is 2.30 bits per heavy atom. The first-order chi connectivity index (χ1) is 9.47. The van der Waals surface area contributed by atoms with E-state index in [1.54, 1.807) is 36.4 Å². The van der Waals surface area contributed by atoms with E-state index in [2.05, 4.69) is 26.6 Å². The van der Waals surface area contributed by atoms with Crippen molar-refractivity contribution in [3.63, 3.8) is 0 Å². The van der Waals surface area contributed by atoms with E-state index in [-0.39, 0.29) is 5.02 Å². The third-order valence-electron chi connectivity index (χ3n) is 2.45. The van der Waals surface area contributed by atoms with Crippen LogP contribution in [0.4, 0.5) is 21.9 Å². The molecule has 0 aliphatic heterocycles. The molecule has 0 bridgehead atoms. The molecule has 2 aromatic carbocycles. The molecule has 7 heteroatoms. The molecular weight excluding hydrogens is 365 g/mol. The van der Waals surface area contributed by atoms with E-state index < -0.39 is 6.03 Å². The predicted octanol–water partition coefficient (Wildman–Crippen LogP) is 4.98. The Labute approximate surface area is 134 Å². The molecule has 2 rings (SSSR count). The lowest BCUT2D eigenvalue weighted by Crippen LogP contribution is -2.19. The highest BCUT2D eigenvalue weighted by atomic mass is 79.9. The number of nitrogens with one attached hydrogen (secondary N) is 2. The highest BCUT2D eigenvalue weighted by Crippen LogP contribution is 2.35. The van der Waals surface area contributed by atoms with Gasteiger partial charge in [0.15, 0.2) is 0 Å². The summed E-state index contributed by atoms with van der Waals surface area (Å²) in [6.07, 6.45) is 0. The fourth-order valence-corrected chi connectivity index (χ4v) is 2.29. The van der Waals surface area contributed by atoms with Gasteiger partial charge in [-0.25, -0.2) is 4.79 Å². The van der Waals surface area contributed by atoms with Gasteiger partial charge in [-0.1, -0.05) is 23.2 Å². The molecule has 20 heavy (non-hydrogen) atoms. The number of urea groups is 1. The van der Waals surface area contributed by atoms with E-state index in [9.17, 15) is 4.79 Å². The van der Waals surface area contributed by atoms with Gasteiger partial charge in [0.1, 0.15) is 0 Å². The number of hydrogen-bond donors (Lipinski definition) is 3. The minimum absolute atomic E-state index is 0.272. The highest BCUT2D eigenvalue weighted by molar-refractivity contribution is 9.10. The van der Waals surface area contributed by atoms with Gasteiger partial charge in [0.05, 0.1) is 15.7 Å². The molecule has 0 saturated carbocycles. The predicted molar refractivity (Wildman–Crippen MR) is 87.7 cm³/mol. The summed E-state index contributed by atoms with van der Waals surface area (Å²) in [7, 11) is 0. The van der Waals surface area contributed by atoms with Crippen molar-refractivity contribution < 1.29 is 4.79 Å². The first-order valence-corrected chi connectivity index (χ1v) is 7.09. The van der Waals surface area contributed by atoms with Gasteiger partial charge in [0, 0.05) is 15.8 Å². The second kappa shape index (κ2) is 6.35. The number of rotatable bonds is 2. The van der Waals surface area contributed by atoms with Gasteiger partial charge in [0.2, 0.25) is 0 Å². The van der Waals surface area contributed by atoms with Crippen LogP contribution in [0.5, 0.6) is 0 Å². The van der Waals surface area contributed by atoms with Gasteiger partial charge in [-0.3, -0.25) is 0 Å². The fraction of sp³-hybridized carbons (Fsp3) is 0.